The number of carbonyl (C=O) groups excluding carboxylic acids is 1. The molecule has 0 aliphatic rings. The van der Waals surface area contributed by atoms with Crippen LogP contribution >= 0.6 is 23.2 Å². The van der Waals surface area contributed by atoms with Crippen molar-refractivity contribution in [2.24, 2.45) is 0 Å². The number of halogens is 2. The summed E-state index contributed by atoms with van der Waals surface area (Å²) in [7, 11) is 0. The second-order valence-corrected chi connectivity index (χ2v) is 10.2. The predicted molar refractivity (Wildman–Crippen MR) is 157 cm³/mol. The van der Waals surface area contributed by atoms with E-state index in [0.29, 0.717) is 15.6 Å². The molecule has 6 heteroatoms. The minimum atomic E-state index is -1.01. The second kappa shape index (κ2) is 11.7. The lowest BCUT2D eigenvalue weighted by molar-refractivity contribution is -0.138. The van der Waals surface area contributed by atoms with E-state index in [2.05, 4.69) is 0 Å². The maximum atomic E-state index is 14.1. The first kappa shape index (κ1) is 26.5. The Kier molecular flexibility index (Phi) is 7.97. The smallest absolute Gasteiger partial charge is 0.305 e. The number of hydrogen-bond acceptors (Lipinski definition) is 2. The molecule has 0 radical (unpaired) electrons. The van der Waals surface area contributed by atoms with E-state index in [1.54, 1.807) is 23.1 Å². The molecule has 0 spiro atoms. The average Bonchev–Trinajstić information content (AvgIpc) is 2.94. The zero-order chi connectivity index (χ0) is 27.4. The van der Waals surface area contributed by atoms with Gasteiger partial charge in [-0.1, -0.05) is 120 Å². The van der Waals surface area contributed by atoms with Crippen LogP contribution in [0.5, 0.6) is 0 Å². The van der Waals surface area contributed by atoms with E-state index < -0.39 is 12.0 Å². The molecule has 0 aliphatic carbocycles. The number of carboxylic acid groups (broad SMARTS) is 1. The summed E-state index contributed by atoms with van der Waals surface area (Å²) >= 11 is 12.5. The number of fused-ring (bicyclic) bond motifs is 1. The largest absolute Gasteiger partial charge is 0.481 e. The van der Waals surface area contributed by atoms with Gasteiger partial charge in [0.05, 0.1) is 12.5 Å². The van der Waals surface area contributed by atoms with Crippen molar-refractivity contribution >= 4 is 45.9 Å². The van der Waals surface area contributed by atoms with Gasteiger partial charge >= 0.3 is 5.97 Å². The molecule has 0 saturated carbocycles. The first-order chi connectivity index (χ1) is 18.9. The van der Waals surface area contributed by atoms with E-state index in [-0.39, 0.29) is 18.9 Å². The van der Waals surface area contributed by atoms with Gasteiger partial charge in [0.2, 0.25) is 0 Å². The molecule has 1 unspecified atom stereocenters. The molecule has 5 aromatic carbocycles. The highest BCUT2D eigenvalue weighted by molar-refractivity contribution is 6.35. The predicted octanol–water partition coefficient (Wildman–Crippen LogP) is 8.67. The van der Waals surface area contributed by atoms with Gasteiger partial charge in [0, 0.05) is 22.2 Å². The van der Waals surface area contributed by atoms with Crippen LogP contribution in [0.3, 0.4) is 0 Å². The number of nitrogens with zero attached hydrogens (tertiary/aromatic N) is 1. The van der Waals surface area contributed by atoms with Crippen LogP contribution in [0.2, 0.25) is 10.0 Å². The molecule has 1 atom stereocenters. The van der Waals surface area contributed by atoms with E-state index in [0.717, 1.165) is 33.0 Å². The molecule has 4 nitrogen and oxygen atoms in total. The summed E-state index contributed by atoms with van der Waals surface area (Å²) in [6, 6.07) is 35.4. The van der Waals surface area contributed by atoms with E-state index in [9.17, 15) is 14.7 Å². The molecular weight excluding hydrogens is 529 g/mol. The number of carboxylic acids is 1. The average molecular weight is 554 g/mol. The van der Waals surface area contributed by atoms with Gasteiger partial charge in [-0.25, -0.2) is 0 Å². The zero-order valence-corrected chi connectivity index (χ0v) is 22.4. The Bertz CT molecular complexity index is 1610. The molecule has 5 aromatic rings. The van der Waals surface area contributed by atoms with Crippen LogP contribution in [0.15, 0.2) is 115 Å². The summed E-state index contributed by atoms with van der Waals surface area (Å²) in [6.07, 6.45) is -0.268. The van der Waals surface area contributed by atoms with Crippen LogP contribution in [-0.2, 0) is 11.3 Å². The molecule has 0 bridgehead atoms. The quantitative estimate of drug-likeness (QED) is 0.209. The van der Waals surface area contributed by atoms with Crippen molar-refractivity contribution in [3.8, 4) is 11.1 Å². The maximum absolute atomic E-state index is 14.1. The van der Waals surface area contributed by atoms with Gasteiger partial charge in [-0.15, -0.1) is 0 Å². The molecule has 0 saturated heterocycles. The molecule has 5 rings (SSSR count). The Morgan fingerprint density at radius 1 is 0.718 bits per heavy atom. The number of benzene rings is 5. The fraction of sp³-hybridized carbons (Fsp3) is 0.0909. The lowest BCUT2D eigenvalue weighted by Crippen LogP contribution is -2.36. The molecule has 39 heavy (non-hydrogen) atoms. The van der Waals surface area contributed by atoms with Crippen molar-refractivity contribution in [1.29, 1.82) is 0 Å². The van der Waals surface area contributed by atoms with Crippen LogP contribution in [0, 0.1) is 0 Å². The zero-order valence-electron chi connectivity index (χ0n) is 20.9. The maximum Gasteiger partial charge on any atom is 0.305 e. The Balaban J connectivity index is 1.61. The number of amides is 1. The molecular formula is C33H25Cl2NO3. The van der Waals surface area contributed by atoms with Crippen molar-refractivity contribution in [3.05, 3.63) is 142 Å². The summed E-state index contributed by atoms with van der Waals surface area (Å²) in [5.74, 6) is -1.36. The van der Waals surface area contributed by atoms with Crippen molar-refractivity contribution < 1.29 is 14.7 Å². The van der Waals surface area contributed by atoms with Crippen LogP contribution in [-0.4, -0.2) is 21.9 Å². The normalized spacial score (nSPS) is 11.7. The number of rotatable bonds is 8. The van der Waals surface area contributed by atoms with Crippen LogP contribution < -0.4 is 0 Å². The summed E-state index contributed by atoms with van der Waals surface area (Å²) in [5.41, 5.74) is 3.98. The van der Waals surface area contributed by atoms with Crippen molar-refractivity contribution in [1.82, 2.24) is 4.90 Å². The lowest BCUT2D eigenvalue weighted by atomic mass is 9.96. The van der Waals surface area contributed by atoms with Crippen LogP contribution in [0.25, 0.3) is 21.9 Å². The third kappa shape index (κ3) is 6.14. The van der Waals surface area contributed by atoms with Crippen LogP contribution in [0.1, 0.15) is 33.9 Å². The number of hydrogen-bond donors (Lipinski definition) is 1. The number of aliphatic carboxylic acids is 1. The minimum absolute atomic E-state index is 0.197. The molecule has 0 aliphatic heterocycles. The fourth-order valence-electron chi connectivity index (χ4n) is 4.88. The van der Waals surface area contributed by atoms with E-state index >= 15 is 0 Å². The lowest BCUT2D eigenvalue weighted by Gasteiger charge is -2.32. The first-order valence-electron chi connectivity index (χ1n) is 12.5. The Labute approximate surface area is 237 Å². The fourth-order valence-corrected chi connectivity index (χ4v) is 5.41. The summed E-state index contributed by atoms with van der Waals surface area (Å²) in [4.78, 5) is 27.8. The summed E-state index contributed by atoms with van der Waals surface area (Å²) in [6.45, 7) is 0.197. The van der Waals surface area contributed by atoms with Crippen molar-refractivity contribution in [2.75, 3.05) is 0 Å². The highest BCUT2D eigenvalue weighted by Crippen LogP contribution is 2.33. The SMILES string of the molecule is O=C(O)CC(c1ccc(-c2ccccc2)cc1)N(Cc1cccc2ccccc12)C(=O)c1cc(Cl)cc(Cl)c1. The third-order valence-electron chi connectivity index (χ3n) is 6.74. The van der Waals surface area contributed by atoms with E-state index in [1.807, 2.05) is 97.1 Å². The Morgan fingerprint density at radius 2 is 1.33 bits per heavy atom. The van der Waals surface area contributed by atoms with Gasteiger partial charge in [-0.05, 0) is 51.2 Å². The Hall–Kier alpha value is -4.12. The minimum Gasteiger partial charge on any atom is -0.481 e. The molecule has 1 N–H and O–H groups in total. The topological polar surface area (TPSA) is 57.6 Å². The van der Waals surface area contributed by atoms with Crippen molar-refractivity contribution in [2.45, 2.75) is 19.0 Å². The van der Waals surface area contributed by atoms with Gasteiger partial charge in [0.25, 0.3) is 5.91 Å². The van der Waals surface area contributed by atoms with Crippen molar-refractivity contribution in [3.63, 3.8) is 0 Å². The molecule has 1 amide bonds. The second-order valence-electron chi connectivity index (χ2n) is 9.33. The van der Waals surface area contributed by atoms with Gasteiger partial charge in [-0.2, -0.15) is 0 Å². The monoisotopic (exact) mass is 553 g/mol. The van der Waals surface area contributed by atoms with E-state index in [1.165, 1.54) is 0 Å². The molecule has 194 valence electrons. The Morgan fingerprint density at radius 3 is 2.03 bits per heavy atom. The third-order valence-corrected chi connectivity index (χ3v) is 7.17. The molecule has 0 aromatic heterocycles. The number of carbonyl (C=O) groups is 2. The highest BCUT2D eigenvalue weighted by Gasteiger charge is 2.29. The first-order valence-corrected chi connectivity index (χ1v) is 13.3. The highest BCUT2D eigenvalue weighted by atomic mass is 35.5. The van der Waals surface area contributed by atoms with E-state index in [4.69, 9.17) is 23.2 Å². The summed E-state index contributed by atoms with van der Waals surface area (Å²) < 4.78 is 0. The standard InChI is InChI=1S/C33H25Cl2NO3/c34-28-17-27(18-29(35)19-28)33(39)36(21-26-11-6-10-24-9-4-5-12-30(24)26)31(20-32(37)38)25-15-13-23(14-16-25)22-7-2-1-3-8-22/h1-19,31H,20-21H2,(H,37,38). The van der Waals surface area contributed by atoms with Gasteiger partial charge in [0.1, 0.15) is 0 Å². The van der Waals surface area contributed by atoms with Crippen LogP contribution in [0.4, 0.5) is 0 Å². The summed E-state index contributed by atoms with van der Waals surface area (Å²) in [5, 5.41) is 12.6. The molecule has 0 heterocycles. The van der Waals surface area contributed by atoms with Gasteiger partial charge in [0.15, 0.2) is 0 Å². The molecule has 0 fully saturated rings. The van der Waals surface area contributed by atoms with Gasteiger partial charge < -0.3 is 10.0 Å². The van der Waals surface area contributed by atoms with Gasteiger partial charge in [-0.3, -0.25) is 9.59 Å².